The molecule has 0 amide bonds. The molecule has 0 spiro atoms. The number of ketones is 2. The van der Waals surface area contributed by atoms with Crippen LogP contribution in [0.15, 0.2) is 0 Å². The molecule has 0 aromatic carbocycles. The minimum atomic E-state index is 0. The Morgan fingerprint density at radius 3 is 1.50 bits per heavy atom. The van der Waals surface area contributed by atoms with Crippen molar-refractivity contribution in [2.45, 2.75) is 33.1 Å². The van der Waals surface area contributed by atoms with Crippen molar-refractivity contribution >= 4 is 30.4 Å². The molecule has 0 unspecified atom stereocenters. The molecule has 0 aliphatic carbocycles. The summed E-state index contributed by atoms with van der Waals surface area (Å²) in [7, 11) is 0. The first kappa shape index (κ1) is 12.6. The van der Waals surface area contributed by atoms with Gasteiger partial charge in [0.05, 0.1) is 6.42 Å². The molecular formula is C7H12LiO2. The summed E-state index contributed by atoms with van der Waals surface area (Å²) < 4.78 is 0. The standard InChI is InChI=1S/C7H12O2.Li/c1-3-6(8)5-7(9)4-2;/h3-5H2,1-2H3;. The summed E-state index contributed by atoms with van der Waals surface area (Å²) in [6.45, 7) is 3.54. The van der Waals surface area contributed by atoms with Crippen LogP contribution in [0.3, 0.4) is 0 Å². The predicted molar refractivity (Wildman–Crippen MR) is 41.0 cm³/mol. The molecule has 53 valence electrons. The van der Waals surface area contributed by atoms with Crippen LogP contribution in [0, 0.1) is 0 Å². The van der Waals surface area contributed by atoms with Crippen LogP contribution in [0.25, 0.3) is 0 Å². The molecule has 0 atom stereocenters. The van der Waals surface area contributed by atoms with Crippen molar-refractivity contribution in [1.29, 1.82) is 0 Å². The maximum atomic E-state index is 10.6. The molecule has 0 fully saturated rings. The monoisotopic (exact) mass is 135 g/mol. The van der Waals surface area contributed by atoms with Crippen LogP contribution in [0.5, 0.6) is 0 Å². The first-order chi connectivity index (χ1) is 4.20. The molecule has 0 N–H and O–H groups in total. The van der Waals surface area contributed by atoms with Gasteiger partial charge in [0.1, 0.15) is 11.6 Å². The van der Waals surface area contributed by atoms with E-state index in [1.165, 1.54) is 0 Å². The fraction of sp³-hybridized carbons (Fsp3) is 0.714. The Balaban J connectivity index is 0. The third-order valence-corrected chi connectivity index (χ3v) is 1.18. The minimum Gasteiger partial charge on any atom is -0.299 e. The van der Waals surface area contributed by atoms with Crippen LogP contribution < -0.4 is 0 Å². The second-order valence-corrected chi connectivity index (χ2v) is 1.96. The number of carbonyl (C=O) groups is 2. The second-order valence-electron chi connectivity index (χ2n) is 1.96. The van der Waals surface area contributed by atoms with Gasteiger partial charge in [0.15, 0.2) is 0 Å². The van der Waals surface area contributed by atoms with E-state index in [-0.39, 0.29) is 36.8 Å². The van der Waals surface area contributed by atoms with E-state index in [1.807, 2.05) is 0 Å². The molecule has 10 heavy (non-hydrogen) atoms. The Kier molecular flexibility index (Phi) is 8.88. The second kappa shape index (κ2) is 7.05. The zero-order chi connectivity index (χ0) is 7.28. The van der Waals surface area contributed by atoms with Crippen molar-refractivity contribution in [1.82, 2.24) is 0 Å². The van der Waals surface area contributed by atoms with Crippen molar-refractivity contribution in [3.8, 4) is 0 Å². The summed E-state index contributed by atoms with van der Waals surface area (Å²) in [5, 5.41) is 0. The molecular weight excluding hydrogens is 123 g/mol. The molecule has 0 aliphatic rings. The third kappa shape index (κ3) is 6.06. The summed E-state index contributed by atoms with van der Waals surface area (Å²) in [5.41, 5.74) is 0. The number of Topliss-reactive ketones (excluding diaryl/α,β-unsaturated/α-hetero) is 2. The zero-order valence-electron chi connectivity index (χ0n) is 6.94. The van der Waals surface area contributed by atoms with Gasteiger partial charge in [-0.25, -0.2) is 0 Å². The molecule has 0 aliphatic heterocycles. The first-order valence-electron chi connectivity index (χ1n) is 3.24. The normalized spacial score (nSPS) is 8.20. The van der Waals surface area contributed by atoms with Gasteiger partial charge in [-0.15, -0.1) is 0 Å². The maximum absolute atomic E-state index is 10.6. The van der Waals surface area contributed by atoms with Gasteiger partial charge in [-0.1, -0.05) is 13.8 Å². The Hall–Kier alpha value is -0.0626. The van der Waals surface area contributed by atoms with Crippen molar-refractivity contribution < 1.29 is 9.59 Å². The molecule has 3 heteroatoms. The molecule has 0 bridgehead atoms. The molecule has 1 radical (unpaired) electrons. The molecule has 0 aromatic heterocycles. The molecule has 0 saturated carbocycles. The number of rotatable bonds is 4. The Morgan fingerprint density at radius 2 is 1.30 bits per heavy atom. The van der Waals surface area contributed by atoms with Gasteiger partial charge in [-0.2, -0.15) is 0 Å². The zero-order valence-corrected chi connectivity index (χ0v) is 6.94. The molecule has 0 rings (SSSR count). The SMILES string of the molecule is CCC(=O)CC(=O)CC.[Li]. The van der Waals surface area contributed by atoms with Crippen molar-refractivity contribution in [2.75, 3.05) is 0 Å². The summed E-state index contributed by atoms with van der Waals surface area (Å²) in [6, 6.07) is 0. The quantitative estimate of drug-likeness (QED) is 0.425. The number of hydrogen-bond acceptors (Lipinski definition) is 2. The van der Waals surface area contributed by atoms with Crippen LogP contribution >= 0.6 is 0 Å². The van der Waals surface area contributed by atoms with Crippen LogP contribution in [0.1, 0.15) is 33.1 Å². The van der Waals surface area contributed by atoms with E-state index < -0.39 is 0 Å². The minimum absolute atomic E-state index is 0. The summed E-state index contributed by atoms with van der Waals surface area (Å²) in [5.74, 6) is 0.0868. The van der Waals surface area contributed by atoms with Crippen molar-refractivity contribution in [3.05, 3.63) is 0 Å². The largest absolute Gasteiger partial charge is 0.299 e. The average Bonchev–Trinajstić information content (AvgIpc) is 1.87. The predicted octanol–water partition coefficient (Wildman–Crippen LogP) is 0.954. The topological polar surface area (TPSA) is 34.1 Å². The summed E-state index contributed by atoms with van der Waals surface area (Å²) in [6.07, 6.45) is 1.09. The average molecular weight is 135 g/mol. The van der Waals surface area contributed by atoms with E-state index in [0.29, 0.717) is 12.8 Å². The van der Waals surface area contributed by atoms with E-state index in [9.17, 15) is 9.59 Å². The van der Waals surface area contributed by atoms with Crippen LogP contribution in [0.4, 0.5) is 0 Å². The van der Waals surface area contributed by atoms with Crippen LogP contribution in [0.2, 0.25) is 0 Å². The maximum Gasteiger partial charge on any atom is 0.139 e. The van der Waals surface area contributed by atoms with E-state index in [0.717, 1.165) is 0 Å². The van der Waals surface area contributed by atoms with E-state index in [1.54, 1.807) is 13.8 Å². The Labute approximate surface area is 73.5 Å². The molecule has 0 heterocycles. The molecule has 0 saturated heterocycles. The smallest absolute Gasteiger partial charge is 0.139 e. The van der Waals surface area contributed by atoms with Crippen LogP contribution in [-0.4, -0.2) is 30.4 Å². The van der Waals surface area contributed by atoms with E-state index in [2.05, 4.69) is 0 Å². The van der Waals surface area contributed by atoms with E-state index in [4.69, 9.17) is 0 Å². The molecule has 0 aromatic rings. The van der Waals surface area contributed by atoms with E-state index >= 15 is 0 Å². The fourth-order valence-corrected chi connectivity index (χ4v) is 0.470. The van der Waals surface area contributed by atoms with Gasteiger partial charge in [0, 0.05) is 31.7 Å². The number of hydrogen-bond donors (Lipinski definition) is 0. The van der Waals surface area contributed by atoms with Gasteiger partial charge in [0.25, 0.3) is 0 Å². The van der Waals surface area contributed by atoms with Crippen molar-refractivity contribution in [3.63, 3.8) is 0 Å². The van der Waals surface area contributed by atoms with Gasteiger partial charge >= 0.3 is 0 Å². The Morgan fingerprint density at radius 1 is 1.00 bits per heavy atom. The van der Waals surface area contributed by atoms with Gasteiger partial charge in [-0.3, -0.25) is 9.59 Å². The first-order valence-corrected chi connectivity index (χ1v) is 3.24. The number of carbonyl (C=O) groups excluding carboxylic acids is 2. The van der Waals surface area contributed by atoms with Gasteiger partial charge in [0.2, 0.25) is 0 Å². The summed E-state index contributed by atoms with van der Waals surface area (Å²) >= 11 is 0. The Bertz CT molecular complexity index is 107. The van der Waals surface area contributed by atoms with Gasteiger partial charge in [-0.05, 0) is 0 Å². The molecule has 2 nitrogen and oxygen atoms in total. The fourth-order valence-electron chi connectivity index (χ4n) is 0.470. The third-order valence-electron chi connectivity index (χ3n) is 1.18. The van der Waals surface area contributed by atoms with Crippen molar-refractivity contribution in [2.24, 2.45) is 0 Å². The summed E-state index contributed by atoms with van der Waals surface area (Å²) in [4.78, 5) is 21.1. The van der Waals surface area contributed by atoms with Crippen LogP contribution in [-0.2, 0) is 9.59 Å². The van der Waals surface area contributed by atoms with Gasteiger partial charge < -0.3 is 0 Å².